The lowest BCUT2D eigenvalue weighted by molar-refractivity contribution is 0.669. The Balaban J connectivity index is 0.984. The van der Waals surface area contributed by atoms with Crippen LogP contribution in [-0.4, -0.2) is 4.57 Å². The van der Waals surface area contributed by atoms with E-state index in [9.17, 15) is 0 Å². The Bertz CT molecular complexity index is 3830. The maximum absolute atomic E-state index is 6.45. The average molecular weight is 793 g/mol. The van der Waals surface area contributed by atoms with Crippen molar-refractivity contribution >= 4 is 93.5 Å². The Hall–Kier alpha value is -8.34. The lowest BCUT2D eigenvalue weighted by Gasteiger charge is -2.28. The second kappa shape index (κ2) is 13.6. The van der Waals surface area contributed by atoms with E-state index in [0.717, 1.165) is 88.9 Å². The minimum absolute atomic E-state index is 0.878. The molecule has 0 atom stereocenters. The van der Waals surface area contributed by atoms with E-state index in [-0.39, 0.29) is 0 Å². The molecular weight excluding hydrogens is 757 g/mol. The first-order valence-electron chi connectivity index (χ1n) is 21.1. The minimum Gasteiger partial charge on any atom is -0.456 e. The van der Waals surface area contributed by atoms with Crippen LogP contribution in [0.5, 0.6) is 0 Å². The fourth-order valence-electron chi connectivity index (χ4n) is 9.65. The molecule has 0 fully saturated rings. The normalized spacial score (nSPS) is 11.9. The van der Waals surface area contributed by atoms with Crippen LogP contribution in [0.1, 0.15) is 0 Å². The first-order chi connectivity index (χ1) is 30.7. The number of para-hydroxylation sites is 4. The molecule has 4 heteroatoms. The first-order valence-corrected chi connectivity index (χ1v) is 21.1. The summed E-state index contributed by atoms with van der Waals surface area (Å²) in [5.74, 6) is 0. The fraction of sp³-hybridized carbons (Fsp3) is 0. The highest BCUT2D eigenvalue weighted by Crippen LogP contribution is 2.44. The summed E-state index contributed by atoms with van der Waals surface area (Å²) in [6.45, 7) is 0. The van der Waals surface area contributed by atoms with Crippen LogP contribution in [0.3, 0.4) is 0 Å². The molecule has 13 rings (SSSR count). The number of benzene rings is 10. The number of anilines is 3. The van der Waals surface area contributed by atoms with Gasteiger partial charge in [-0.1, -0.05) is 127 Å². The summed E-state index contributed by atoms with van der Waals surface area (Å²) in [7, 11) is 0. The lowest BCUT2D eigenvalue weighted by Crippen LogP contribution is -2.11. The summed E-state index contributed by atoms with van der Waals surface area (Å²) >= 11 is 0. The van der Waals surface area contributed by atoms with Gasteiger partial charge in [-0.05, 0) is 118 Å². The molecule has 13 aromatic rings. The quantitative estimate of drug-likeness (QED) is 0.168. The number of fused-ring (bicyclic) bond motifs is 10. The number of rotatable bonds is 6. The Morgan fingerprint density at radius 1 is 0.323 bits per heavy atom. The van der Waals surface area contributed by atoms with Gasteiger partial charge in [0.05, 0.1) is 16.7 Å². The van der Waals surface area contributed by atoms with Crippen LogP contribution in [-0.2, 0) is 0 Å². The van der Waals surface area contributed by atoms with Crippen molar-refractivity contribution in [2.24, 2.45) is 0 Å². The van der Waals surface area contributed by atoms with Crippen molar-refractivity contribution in [3.63, 3.8) is 0 Å². The molecule has 0 bridgehead atoms. The number of furan rings is 2. The van der Waals surface area contributed by atoms with Crippen molar-refractivity contribution in [2.75, 3.05) is 4.90 Å². The third kappa shape index (κ3) is 5.40. The summed E-state index contributed by atoms with van der Waals surface area (Å²) in [6.07, 6.45) is 0. The molecule has 0 aliphatic carbocycles. The predicted molar refractivity (Wildman–Crippen MR) is 258 cm³/mol. The first kappa shape index (κ1) is 34.5. The SMILES string of the molecule is c1cc(N(c2ccc(-c3ccc4c(c3)oc3ccccc34)cc2)c2ccccc2-c2ccc3oc4cc5ccccc5cc4c3c2)cc(-n2c3ccccc3c3ccccc32)c1. The van der Waals surface area contributed by atoms with Crippen molar-refractivity contribution in [3.05, 3.63) is 218 Å². The fourth-order valence-corrected chi connectivity index (χ4v) is 9.65. The Morgan fingerprint density at radius 3 is 1.73 bits per heavy atom. The van der Waals surface area contributed by atoms with E-state index in [1.165, 1.54) is 32.6 Å². The monoisotopic (exact) mass is 792 g/mol. The molecule has 4 nitrogen and oxygen atoms in total. The zero-order valence-electron chi connectivity index (χ0n) is 33.5. The summed E-state index contributed by atoms with van der Waals surface area (Å²) in [5, 5.41) is 9.32. The van der Waals surface area contributed by atoms with Crippen molar-refractivity contribution < 1.29 is 8.83 Å². The molecule has 0 aliphatic heterocycles. The Kier molecular flexibility index (Phi) is 7.57. The van der Waals surface area contributed by atoms with Crippen molar-refractivity contribution in [2.45, 2.75) is 0 Å². The largest absolute Gasteiger partial charge is 0.456 e. The van der Waals surface area contributed by atoms with Gasteiger partial charge >= 0.3 is 0 Å². The summed E-state index contributed by atoms with van der Waals surface area (Å²) < 4.78 is 15.1. The minimum atomic E-state index is 0.878. The highest BCUT2D eigenvalue weighted by molar-refractivity contribution is 6.12. The highest BCUT2D eigenvalue weighted by atomic mass is 16.3. The van der Waals surface area contributed by atoms with Gasteiger partial charge in [-0.25, -0.2) is 0 Å². The molecule has 0 radical (unpaired) electrons. The molecule has 0 saturated heterocycles. The lowest BCUT2D eigenvalue weighted by atomic mass is 9.98. The van der Waals surface area contributed by atoms with E-state index in [1.54, 1.807) is 0 Å². The van der Waals surface area contributed by atoms with Gasteiger partial charge in [0, 0.05) is 54.9 Å². The maximum Gasteiger partial charge on any atom is 0.136 e. The van der Waals surface area contributed by atoms with Gasteiger partial charge in [-0.3, -0.25) is 0 Å². The highest BCUT2D eigenvalue weighted by Gasteiger charge is 2.21. The van der Waals surface area contributed by atoms with Crippen LogP contribution in [0, 0.1) is 0 Å². The second-order valence-corrected chi connectivity index (χ2v) is 16.1. The van der Waals surface area contributed by atoms with Gasteiger partial charge in [0.25, 0.3) is 0 Å². The van der Waals surface area contributed by atoms with E-state index < -0.39 is 0 Å². The van der Waals surface area contributed by atoms with Gasteiger partial charge in [0.2, 0.25) is 0 Å². The third-order valence-corrected chi connectivity index (χ3v) is 12.6. The number of aromatic nitrogens is 1. The van der Waals surface area contributed by atoms with Gasteiger partial charge in [0.15, 0.2) is 0 Å². The molecule has 0 amide bonds. The van der Waals surface area contributed by atoms with Crippen LogP contribution >= 0.6 is 0 Å². The van der Waals surface area contributed by atoms with Gasteiger partial charge < -0.3 is 18.3 Å². The molecule has 3 heterocycles. The predicted octanol–water partition coefficient (Wildman–Crippen LogP) is 16.5. The molecule has 0 unspecified atom stereocenters. The van der Waals surface area contributed by atoms with E-state index in [2.05, 4.69) is 216 Å². The molecule has 62 heavy (non-hydrogen) atoms. The summed E-state index contributed by atoms with van der Waals surface area (Å²) in [6, 6.07) is 78.2. The van der Waals surface area contributed by atoms with Crippen LogP contribution in [0.15, 0.2) is 227 Å². The molecule has 0 aliphatic rings. The number of hydrogen-bond acceptors (Lipinski definition) is 3. The molecule has 0 spiro atoms. The van der Waals surface area contributed by atoms with E-state index in [1.807, 2.05) is 12.1 Å². The van der Waals surface area contributed by atoms with E-state index in [0.29, 0.717) is 0 Å². The molecule has 0 N–H and O–H groups in total. The number of hydrogen-bond donors (Lipinski definition) is 0. The zero-order valence-corrected chi connectivity index (χ0v) is 33.5. The summed E-state index contributed by atoms with van der Waals surface area (Å²) in [4.78, 5) is 2.39. The zero-order chi connectivity index (χ0) is 40.7. The number of nitrogens with zero attached hydrogens (tertiary/aromatic N) is 2. The van der Waals surface area contributed by atoms with Crippen LogP contribution in [0.2, 0.25) is 0 Å². The topological polar surface area (TPSA) is 34.5 Å². The molecular formula is C58H36N2O2. The van der Waals surface area contributed by atoms with Gasteiger partial charge in [0.1, 0.15) is 22.3 Å². The molecule has 0 saturated carbocycles. The second-order valence-electron chi connectivity index (χ2n) is 16.1. The van der Waals surface area contributed by atoms with Crippen LogP contribution < -0.4 is 4.90 Å². The van der Waals surface area contributed by atoms with Gasteiger partial charge in [-0.15, -0.1) is 0 Å². The van der Waals surface area contributed by atoms with Crippen molar-refractivity contribution in [1.29, 1.82) is 0 Å². The van der Waals surface area contributed by atoms with E-state index >= 15 is 0 Å². The maximum atomic E-state index is 6.45. The smallest absolute Gasteiger partial charge is 0.136 e. The Labute approximate surface area is 356 Å². The van der Waals surface area contributed by atoms with Crippen molar-refractivity contribution in [1.82, 2.24) is 4.57 Å². The third-order valence-electron chi connectivity index (χ3n) is 12.6. The van der Waals surface area contributed by atoms with Crippen LogP contribution in [0.4, 0.5) is 17.1 Å². The van der Waals surface area contributed by atoms with Crippen molar-refractivity contribution in [3.8, 4) is 27.9 Å². The van der Waals surface area contributed by atoms with Crippen LogP contribution in [0.25, 0.3) is 104 Å². The molecule has 10 aromatic carbocycles. The Morgan fingerprint density at radius 2 is 0.919 bits per heavy atom. The summed E-state index contributed by atoms with van der Waals surface area (Å²) in [5.41, 5.74) is 14.6. The average Bonchev–Trinajstić information content (AvgIpc) is 4.00. The van der Waals surface area contributed by atoms with E-state index in [4.69, 9.17) is 8.83 Å². The molecule has 3 aromatic heterocycles. The molecule has 290 valence electrons. The standard InChI is InChI=1S/C58H36N2O2/c1-2-13-39-34-58-51(32-38(39)12-1)50-33-41(27-31-56(50)62-58)45-16-3-7-20-52(45)59(42-28-24-37(25-29-42)40-26-30-49-48-19-6-10-23-55(48)61-57(49)35-40)43-14-11-15-44(36-43)60-53-21-8-4-17-46(53)47-18-5-9-22-54(47)60/h1-36H. The van der Waals surface area contributed by atoms with Gasteiger partial charge in [-0.2, -0.15) is 0 Å².